The Morgan fingerprint density at radius 1 is 1.17 bits per heavy atom. The molecule has 6 atom stereocenters. The molecule has 12 nitrogen and oxygen atoms in total. The van der Waals surface area contributed by atoms with Gasteiger partial charge in [-0.3, -0.25) is 14.1 Å². The van der Waals surface area contributed by atoms with Crippen LogP contribution in [0.25, 0.3) is 10.8 Å². The van der Waals surface area contributed by atoms with Crippen molar-refractivity contribution < 1.29 is 42.9 Å². The fourth-order valence-electron chi connectivity index (χ4n) is 4.38. The minimum Gasteiger partial charge on any atom is -0.464 e. The molecule has 2 aliphatic rings. The molecule has 3 unspecified atom stereocenters. The Labute approximate surface area is 244 Å². The molecule has 2 heterocycles. The van der Waals surface area contributed by atoms with Gasteiger partial charge in [-0.05, 0) is 30.2 Å². The summed E-state index contributed by atoms with van der Waals surface area (Å²) in [6.07, 6.45) is -0.0226. The average Bonchev–Trinajstić information content (AvgIpc) is 3.23. The monoisotopic (exact) mass is 603 g/mol. The molecule has 1 fully saturated rings. The number of aliphatic hydroxyl groups is 2. The van der Waals surface area contributed by atoms with Crippen LogP contribution in [0.5, 0.6) is 5.75 Å². The summed E-state index contributed by atoms with van der Waals surface area (Å²) in [5.41, 5.74) is 5.41. The zero-order chi connectivity index (χ0) is 30.7. The van der Waals surface area contributed by atoms with Gasteiger partial charge in [-0.15, -0.1) is 0 Å². The molecule has 2 aromatic carbocycles. The van der Waals surface area contributed by atoms with E-state index in [1.54, 1.807) is 36.5 Å². The van der Waals surface area contributed by atoms with Crippen LogP contribution in [0.4, 0.5) is 0 Å². The van der Waals surface area contributed by atoms with E-state index in [0.29, 0.717) is 17.4 Å². The molecule has 2 aliphatic heterocycles. The first-order valence-electron chi connectivity index (χ1n) is 13.6. The number of fused-ring (bicyclic) bond motifs is 1. The second kappa shape index (κ2) is 12.9. The van der Waals surface area contributed by atoms with E-state index in [1.807, 2.05) is 39.0 Å². The van der Waals surface area contributed by atoms with E-state index in [1.165, 1.54) is 18.0 Å². The average molecular weight is 604 g/mol. The lowest BCUT2D eigenvalue weighted by Crippen LogP contribution is -2.40. The number of carbonyl (C=O) groups excluding carboxylic acids is 2. The van der Waals surface area contributed by atoms with Gasteiger partial charge >= 0.3 is 13.7 Å². The lowest BCUT2D eigenvalue weighted by atomic mass is 9.99. The van der Waals surface area contributed by atoms with Crippen LogP contribution in [-0.4, -0.2) is 70.8 Å². The van der Waals surface area contributed by atoms with Crippen LogP contribution in [-0.2, 0) is 28.2 Å². The maximum Gasteiger partial charge on any atom is 0.459 e. The number of carbonyl (C=O) groups is 2. The predicted octanol–water partition coefficient (Wildman–Crippen LogP) is 2.95. The van der Waals surface area contributed by atoms with Crippen LogP contribution in [0.2, 0.25) is 0 Å². The first kappa shape index (κ1) is 31.7. The molecule has 42 heavy (non-hydrogen) atoms. The van der Waals surface area contributed by atoms with Crippen molar-refractivity contribution in [3.8, 4) is 5.75 Å². The number of nitrogens with two attached hydrogens (primary N) is 1. The molecule has 0 bridgehead atoms. The van der Waals surface area contributed by atoms with Gasteiger partial charge in [0.2, 0.25) is 5.91 Å². The first-order valence-corrected chi connectivity index (χ1v) is 15.1. The summed E-state index contributed by atoms with van der Waals surface area (Å²) >= 11 is 0. The predicted molar refractivity (Wildman–Crippen MR) is 155 cm³/mol. The maximum absolute atomic E-state index is 14.1. The van der Waals surface area contributed by atoms with Crippen molar-refractivity contribution in [3.63, 3.8) is 0 Å². The van der Waals surface area contributed by atoms with E-state index in [0.717, 1.165) is 5.39 Å². The van der Waals surface area contributed by atoms with Crippen molar-refractivity contribution in [1.82, 2.24) is 9.99 Å². The lowest BCUT2D eigenvalue weighted by Gasteiger charge is -2.28. The maximum atomic E-state index is 14.1. The summed E-state index contributed by atoms with van der Waals surface area (Å²) in [6.45, 7) is 6.88. The fourth-order valence-corrected chi connectivity index (χ4v) is 5.90. The fraction of sp³-hybridized carbons (Fsp3) is 0.448. The Morgan fingerprint density at radius 3 is 2.60 bits per heavy atom. The SMILES string of the molecule is CC(NP(=O)(OCC1O[C@@H](N2C=CCC(C(N)=O)=C2)[C@H](O)[C@@H]1O)Oc1cccc2ccccc12)C(=O)OCC(C)(C)C. The van der Waals surface area contributed by atoms with E-state index in [2.05, 4.69) is 5.09 Å². The van der Waals surface area contributed by atoms with Gasteiger partial charge in [0.05, 0.1) is 13.2 Å². The van der Waals surface area contributed by atoms with Crippen molar-refractivity contribution in [2.75, 3.05) is 13.2 Å². The van der Waals surface area contributed by atoms with Crippen molar-refractivity contribution in [2.45, 2.75) is 64.7 Å². The number of primary amides is 1. The molecule has 0 aromatic heterocycles. The summed E-state index contributed by atoms with van der Waals surface area (Å²) in [5.74, 6) is -1.03. The van der Waals surface area contributed by atoms with Crippen LogP contribution in [0.3, 0.4) is 0 Å². The van der Waals surface area contributed by atoms with Crippen molar-refractivity contribution in [1.29, 1.82) is 0 Å². The quantitative estimate of drug-likeness (QED) is 0.220. The van der Waals surface area contributed by atoms with Gasteiger partial charge in [0.15, 0.2) is 6.23 Å². The van der Waals surface area contributed by atoms with E-state index in [4.69, 9.17) is 24.3 Å². The molecule has 228 valence electrons. The molecule has 2 aromatic rings. The molecule has 0 spiro atoms. The van der Waals surface area contributed by atoms with Crippen LogP contribution in [0.1, 0.15) is 34.1 Å². The van der Waals surface area contributed by atoms with E-state index in [9.17, 15) is 24.4 Å². The summed E-state index contributed by atoms with van der Waals surface area (Å²) < 4.78 is 37.0. The molecular formula is C29H38N3O9P. The van der Waals surface area contributed by atoms with Crippen LogP contribution < -0.4 is 15.3 Å². The summed E-state index contributed by atoms with van der Waals surface area (Å²) in [6, 6.07) is 11.4. The Balaban J connectivity index is 1.53. The third-order valence-corrected chi connectivity index (χ3v) is 8.23. The number of nitrogens with one attached hydrogen (secondary N) is 1. The number of nitrogens with zero attached hydrogens (tertiary/aromatic N) is 1. The zero-order valence-electron chi connectivity index (χ0n) is 24.0. The lowest BCUT2D eigenvalue weighted by molar-refractivity contribution is -0.148. The number of allylic oxidation sites excluding steroid dienone is 1. The summed E-state index contributed by atoms with van der Waals surface area (Å²) in [7, 11) is -4.32. The molecule has 0 aliphatic carbocycles. The Bertz CT molecular complexity index is 1400. The number of ether oxygens (including phenoxy) is 2. The van der Waals surface area contributed by atoms with E-state index >= 15 is 0 Å². The van der Waals surface area contributed by atoms with Crippen molar-refractivity contribution in [3.05, 3.63) is 66.5 Å². The summed E-state index contributed by atoms with van der Waals surface area (Å²) in [5, 5.41) is 25.6. The topological polar surface area (TPSA) is 170 Å². The van der Waals surface area contributed by atoms with Gasteiger partial charge in [0, 0.05) is 23.4 Å². The van der Waals surface area contributed by atoms with Gasteiger partial charge in [-0.2, -0.15) is 5.09 Å². The number of amides is 1. The van der Waals surface area contributed by atoms with Crippen LogP contribution in [0.15, 0.2) is 66.5 Å². The highest BCUT2D eigenvalue weighted by Gasteiger charge is 2.46. The van der Waals surface area contributed by atoms with Crippen molar-refractivity contribution in [2.24, 2.45) is 11.1 Å². The second-order valence-corrected chi connectivity index (χ2v) is 13.2. The van der Waals surface area contributed by atoms with Gasteiger partial charge in [-0.25, -0.2) is 4.57 Å². The standard InChI is InChI=1S/C29H38N3O9P/c1-18(28(36)38-17-29(2,3)4)31-42(37,41-22-13-7-10-19-9-5-6-12-21(19)22)39-16-23-24(33)25(34)27(40-23)32-14-8-11-20(15-32)26(30)35/h5-10,12-15,18,23-25,27,33-34H,11,16-17H2,1-4H3,(H2,30,35)(H,31,37)/t18?,23?,24-,25-,27-,42?/m1/s1. The molecule has 13 heteroatoms. The molecule has 1 saturated heterocycles. The number of hydrogen-bond acceptors (Lipinski definition) is 10. The molecule has 0 saturated carbocycles. The summed E-state index contributed by atoms with van der Waals surface area (Å²) in [4.78, 5) is 25.8. The smallest absolute Gasteiger partial charge is 0.459 e. The second-order valence-electron chi connectivity index (χ2n) is 11.5. The molecular weight excluding hydrogens is 565 g/mol. The Morgan fingerprint density at radius 2 is 1.88 bits per heavy atom. The number of esters is 1. The van der Waals surface area contributed by atoms with Crippen molar-refractivity contribution >= 4 is 30.4 Å². The van der Waals surface area contributed by atoms with E-state index < -0.39 is 56.8 Å². The first-order chi connectivity index (χ1) is 19.8. The van der Waals surface area contributed by atoms with Gasteiger partial charge in [0.1, 0.15) is 30.1 Å². The Kier molecular flexibility index (Phi) is 9.77. The number of aliphatic hydroxyl groups excluding tert-OH is 2. The normalized spacial score (nSPS) is 24.6. The zero-order valence-corrected chi connectivity index (χ0v) is 24.9. The van der Waals surface area contributed by atoms with Gasteiger partial charge in [0.25, 0.3) is 0 Å². The third-order valence-electron chi connectivity index (χ3n) is 6.60. The van der Waals surface area contributed by atoms with Gasteiger partial charge in [-0.1, -0.05) is 63.2 Å². The van der Waals surface area contributed by atoms with Crippen LogP contribution in [0, 0.1) is 5.41 Å². The molecule has 0 radical (unpaired) electrons. The van der Waals surface area contributed by atoms with Crippen LogP contribution >= 0.6 is 7.75 Å². The van der Waals surface area contributed by atoms with Gasteiger partial charge < -0.3 is 34.8 Å². The number of benzene rings is 2. The third kappa shape index (κ3) is 7.77. The highest BCUT2D eigenvalue weighted by atomic mass is 31.2. The molecule has 4 rings (SSSR count). The molecule has 5 N–H and O–H groups in total. The largest absolute Gasteiger partial charge is 0.464 e. The minimum atomic E-state index is -4.32. The minimum absolute atomic E-state index is 0.144. The number of hydrogen-bond donors (Lipinski definition) is 4. The highest BCUT2D eigenvalue weighted by molar-refractivity contribution is 7.52. The number of rotatable bonds is 11. The highest BCUT2D eigenvalue weighted by Crippen LogP contribution is 2.47. The Hall–Kier alpha value is -3.25. The molecule has 1 amide bonds. The van der Waals surface area contributed by atoms with E-state index in [-0.39, 0.29) is 17.8 Å².